The molecule has 0 rings (SSSR count). The molecule has 15 heavy (non-hydrogen) atoms. The number of hydrogen-bond acceptors (Lipinski definition) is 6. The Morgan fingerprint density at radius 2 is 1.80 bits per heavy atom. The van der Waals surface area contributed by atoms with Gasteiger partial charge in [-0.2, -0.15) is 0 Å². The van der Waals surface area contributed by atoms with Crippen LogP contribution in [0.2, 0.25) is 0 Å². The van der Waals surface area contributed by atoms with Gasteiger partial charge in [0.15, 0.2) is 0 Å². The van der Waals surface area contributed by atoms with Gasteiger partial charge in [-0.05, 0) is 0 Å². The van der Waals surface area contributed by atoms with E-state index in [1.165, 1.54) is 6.92 Å². The van der Waals surface area contributed by atoms with Crippen LogP contribution in [-0.4, -0.2) is 57.9 Å². The maximum absolute atomic E-state index is 10.5. The second-order valence-corrected chi connectivity index (χ2v) is 3.51. The third-order valence-electron chi connectivity index (χ3n) is 2.06. The first-order chi connectivity index (χ1) is 6.90. The van der Waals surface area contributed by atoms with E-state index in [1.54, 1.807) is 6.92 Å². The summed E-state index contributed by atoms with van der Waals surface area (Å²) in [5, 5.41) is 36.4. The summed E-state index contributed by atoms with van der Waals surface area (Å²) in [6.07, 6.45) is -4.12. The zero-order valence-electron chi connectivity index (χ0n) is 8.83. The van der Waals surface area contributed by atoms with Crippen LogP contribution in [0, 0.1) is 5.92 Å². The van der Waals surface area contributed by atoms with Crippen LogP contribution in [0.4, 0.5) is 0 Å². The highest BCUT2D eigenvalue weighted by Gasteiger charge is 2.28. The number of ether oxygens (including phenoxy) is 1. The van der Waals surface area contributed by atoms with Crippen molar-refractivity contribution in [2.75, 3.05) is 13.2 Å². The maximum atomic E-state index is 10.5. The van der Waals surface area contributed by atoms with Crippen LogP contribution in [0.1, 0.15) is 13.8 Å². The Kier molecular flexibility index (Phi) is 6.42. The fourth-order valence-corrected chi connectivity index (χ4v) is 1.02. The molecule has 0 aliphatic rings. The van der Waals surface area contributed by atoms with E-state index < -0.39 is 36.8 Å². The van der Waals surface area contributed by atoms with Crippen LogP contribution in [-0.2, 0) is 9.53 Å². The zero-order valence-corrected chi connectivity index (χ0v) is 8.83. The van der Waals surface area contributed by atoms with Gasteiger partial charge in [0.25, 0.3) is 0 Å². The molecule has 6 heteroatoms. The molecule has 4 atom stereocenters. The van der Waals surface area contributed by atoms with E-state index >= 15 is 0 Å². The van der Waals surface area contributed by atoms with Gasteiger partial charge in [0.05, 0.1) is 19.3 Å². The van der Waals surface area contributed by atoms with Gasteiger partial charge in [-0.25, -0.2) is 0 Å². The Hall–Kier alpha value is -0.690. The molecular weight excluding hydrogens is 204 g/mol. The van der Waals surface area contributed by atoms with Gasteiger partial charge in [-0.3, -0.25) is 4.79 Å². The molecule has 0 saturated heterocycles. The molecule has 0 spiro atoms. The third-order valence-corrected chi connectivity index (χ3v) is 2.06. The molecule has 0 aromatic heterocycles. The number of aliphatic hydroxyl groups excluding tert-OH is 4. The van der Waals surface area contributed by atoms with Crippen LogP contribution >= 0.6 is 0 Å². The highest BCUT2D eigenvalue weighted by molar-refractivity contribution is 5.65. The summed E-state index contributed by atoms with van der Waals surface area (Å²) in [6.45, 7) is 2.10. The molecule has 0 unspecified atom stereocenters. The minimum atomic E-state index is -1.46. The van der Waals surface area contributed by atoms with Crippen molar-refractivity contribution < 1.29 is 30.0 Å². The van der Waals surface area contributed by atoms with Crippen molar-refractivity contribution in [2.24, 2.45) is 5.92 Å². The maximum Gasteiger partial charge on any atom is 0.302 e. The summed E-state index contributed by atoms with van der Waals surface area (Å²) in [7, 11) is 0. The Bertz CT molecular complexity index is 195. The standard InChI is InChI=1S/C9H18O6/c1-5(4-15-6(2)11)8(13)9(14)7(12)3-10/h5,7-10,12-14H,3-4H2,1-2H3/t5-,7-,8-,9-/m1/s1. The van der Waals surface area contributed by atoms with Gasteiger partial charge in [-0.15, -0.1) is 0 Å². The number of carbonyl (C=O) groups excluding carboxylic acids is 1. The van der Waals surface area contributed by atoms with E-state index in [-0.39, 0.29) is 6.61 Å². The molecule has 0 radical (unpaired) electrons. The lowest BCUT2D eigenvalue weighted by molar-refractivity contribution is -0.146. The van der Waals surface area contributed by atoms with Crippen LogP contribution in [0.5, 0.6) is 0 Å². The molecule has 0 saturated carbocycles. The summed E-state index contributed by atoms with van der Waals surface area (Å²) in [5.41, 5.74) is 0. The van der Waals surface area contributed by atoms with Crippen molar-refractivity contribution >= 4 is 5.97 Å². The summed E-state index contributed by atoms with van der Waals surface area (Å²) in [5.74, 6) is -1.00. The second-order valence-electron chi connectivity index (χ2n) is 3.51. The van der Waals surface area contributed by atoms with E-state index in [1.807, 2.05) is 0 Å². The minimum Gasteiger partial charge on any atom is -0.465 e. The van der Waals surface area contributed by atoms with E-state index in [4.69, 9.17) is 10.2 Å². The molecule has 4 N–H and O–H groups in total. The molecule has 0 fully saturated rings. The number of esters is 1. The molecular formula is C9H18O6. The van der Waals surface area contributed by atoms with Gasteiger partial charge in [0, 0.05) is 12.8 Å². The van der Waals surface area contributed by atoms with Gasteiger partial charge in [0.2, 0.25) is 0 Å². The largest absolute Gasteiger partial charge is 0.465 e. The summed E-state index contributed by atoms with van der Waals surface area (Å²) in [6, 6.07) is 0. The molecule has 0 aromatic rings. The zero-order chi connectivity index (χ0) is 12.0. The average molecular weight is 222 g/mol. The third kappa shape index (κ3) is 5.08. The highest BCUT2D eigenvalue weighted by atomic mass is 16.5. The fourth-order valence-electron chi connectivity index (χ4n) is 1.02. The van der Waals surface area contributed by atoms with Crippen LogP contribution in [0.3, 0.4) is 0 Å². The van der Waals surface area contributed by atoms with Crippen LogP contribution < -0.4 is 0 Å². The van der Waals surface area contributed by atoms with Crippen molar-refractivity contribution in [3.63, 3.8) is 0 Å². The lowest BCUT2D eigenvalue weighted by Crippen LogP contribution is -2.44. The predicted molar refractivity (Wildman–Crippen MR) is 50.9 cm³/mol. The molecule has 0 aromatic carbocycles. The van der Waals surface area contributed by atoms with Crippen molar-refractivity contribution in [1.29, 1.82) is 0 Å². The monoisotopic (exact) mass is 222 g/mol. The molecule has 90 valence electrons. The van der Waals surface area contributed by atoms with Gasteiger partial charge >= 0.3 is 5.97 Å². The predicted octanol–water partition coefficient (Wildman–Crippen LogP) is -1.74. The SMILES string of the molecule is CC(=O)OC[C@@H](C)[C@@H](O)[C@H](O)[C@H](O)CO. The van der Waals surface area contributed by atoms with Crippen molar-refractivity contribution in [3.8, 4) is 0 Å². The first-order valence-electron chi connectivity index (χ1n) is 4.68. The van der Waals surface area contributed by atoms with Crippen molar-refractivity contribution in [2.45, 2.75) is 32.2 Å². The van der Waals surface area contributed by atoms with Crippen molar-refractivity contribution in [1.82, 2.24) is 0 Å². The Morgan fingerprint density at radius 3 is 2.20 bits per heavy atom. The van der Waals surface area contributed by atoms with E-state index in [0.29, 0.717) is 0 Å². The number of aliphatic hydroxyl groups is 4. The summed E-state index contributed by atoms with van der Waals surface area (Å²) < 4.78 is 4.63. The lowest BCUT2D eigenvalue weighted by Gasteiger charge is -2.26. The average Bonchev–Trinajstić information content (AvgIpc) is 2.22. The van der Waals surface area contributed by atoms with Gasteiger partial charge in [-0.1, -0.05) is 6.92 Å². The quantitative estimate of drug-likeness (QED) is 0.397. The molecule has 0 aliphatic carbocycles. The Labute approximate surface area is 88.1 Å². The summed E-state index contributed by atoms with van der Waals surface area (Å²) >= 11 is 0. The Morgan fingerprint density at radius 1 is 1.27 bits per heavy atom. The fraction of sp³-hybridized carbons (Fsp3) is 0.889. The first-order valence-corrected chi connectivity index (χ1v) is 4.68. The van der Waals surface area contributed by atoms with E-state index in [2.05, 4.69) is 4.74 Å². The number of carbonyl (C=O) groups is 1. The molecule has 0 amide bonds. The molecule has 0 heterocycles. The normalized spacial score (nSPS) is 19.1. The Balaban J connectivity index is 4.06. The number of hydrogen-bond donors (Lipinski definition) is 4. The van der Waals surface area contributed by atoms with E-state index in [9.17, 15) is 15.0 Å². The van der Waals surface area contributed by atoms with Crippen molar-refractivity contribution in [3.05, 3.63) is 0 Å². The summed E-state index contributed by atoms with van der Waals surface area (Å²) in [4.78, 5) is 10.5. The van der Waals surface area contributed by atoms with Gasteiger partial charge < -0.3 is 25.2 Å². The smallest absolute Gasteiger partial charge is 0.302 e. The van der Waals surface area contributed by atoms with Crippen LogP contribution in [0.25, 0.3) is 0 Å². The first kappa shape index (κ1) is 14.3. The molecule has 6 nitrogen and oxygen atoms in total. The van der Waals surface area contributed by atoms with Crippen LogP contribution in [0.15, 0.2) is 0 Å². The molecule has 0 bridgehead atoms. The second kappa shape index (κ2) is 6.73. The minimum absolute atomic E-state index is 0.0499. The lowest BCUT2D eigenvalue weighted by atomic mass is 9.97. The molecule has 0 aliphatic heterocycles. The van der Waals surface area contributed by atoms with E-state index in [0.717, 1.165) is 0 Å². The topological polar surface area (TPSA) is 107 Å². The highest BCUT2D eigenvalue weighted by Crippen LogP contribution is 2.11. The number of rotatable bonds is 6. The van der Waals surface area contributed by atoms with Gasteiger partial charge in [0.1, 0.15) is 12.2 Å².